The Morgan fingerprint density at radius 2 is 1.56 bits per heavy atom. The average molecular weight is 240 g/mol. The van der Waals surface area contributed by atoms with Crippen LogP contribution in [-0.4, -0.2) is 0 Å². The maximum Gasteiger partial charge on any atom is 0.128 e. The number of anilines is 2. The van der Waals surface area contributed by atoms with Crippen LogP contribution in [0.2, 0.25) is 5.02 Å². The quantitative estimate of drug-likeness (QED) is 0.821. The van der Waals surface area contributed by atoms with E-state index in [4.69, 9.17) is 11.6 Å². The summed E-state index contributed by atoms with van der Waals surface area (Å²) in [6.45, 7) is 0. The van der Waals surface area contributed by atoms with Crippen molar-refractivity contribution in [2.45, 2.75) is 0 Å². The van der Waals surface area contributed by atoms with Crippen LogP contribution in [0.3, 0.4) is 0 Å². The van der Waals surface area contributed by atoms with E-state index in [1.54, 1.807) is 24.3 Å². The second-order valence-electron chi connectivity index (χ2n) is 3.29. The molecular weight excluding hydrogens is 232 g/mol. The summed E-state index contributed by atoms with van der Waals surface area (Å²) in [7, 11) is 0. The number of halogens is 3. The van der Waals surface area contributed by atoms with Gasteiger partial charge in [-0.15, -0.1) is 0 Å². The summed E-state index contributed by atoms with van der Waals surface area (Å²) in [6.07, 6.45) is 0. The minimum Gasteiger partial charge on any atom is -0.355 e. The first-order chi connectivity index (χ1) is 7.63. The molecule has 0 atom stereocenters. The van der Waals surface area contributed by atoms with Crippen LogP contribution in [0.1, 0.15) is 0 Å². The monoisotopic (exact) mass is 239 g/mol. The maximum absolute atomic E-state index is 12.9. The molecular formula is C12H8ClF2N. The lowest BCUT2D eigenvalue weighted by Crippen LogP contribution is -1.92. The molecule has 0 aliphatic rings. The summed E-state index contributed by atoms with van der Waals surface area (Å²) in [5.41, 5.74) is 1.03. The molecule has 1 nitrogen and oxygen atoms in total. The summed E-state index contributed by atoms with van der Waals surface area (Å²) >= 11 is 5.79. The van der Waals surface area contributed by atoms with Gasteiger partial charge in [0, 0.05) is 22.5 Å². The van der Waals surface area contributed by atoms with Gasteiger partial charge < -0.3 is 5.32 Å². The van der Waals surface area contributed by atoms with Crippen LogP contribution in [-0.2, 0) is 0 Å². The van der Waals surface area contributed by atoms with Gasteiger partial charge in [0.1, 0.15) is 11.6 Å². The number of rotatable bonds is 2. The molecule has 0 radical (unpaired) electrons. The molecule has 0 heterocycles. The molecule has 0 amide bonds. The topological polar surface area (TPSA) is 12.0 Å². The maximum atomic E-state index is 12.9. The molecule has 2 aromatic carbocycles. The molecule has 0 unspecified atom stereocenters. The highest BCUT2D eigenvalue weighted by Gasteiger charge is 2.01. The van der Waals surface area contributed by atoms with Crippen molar-refractivity contribution < 1.29 is 8.78 Å². The van der Waals surface area contributed by atoms with Crippen LogP contribution < -0.4 is 5.32 Å². The summed E-state index contributed by atoms with van der Waals surface area (Å²) in [5.74, 6) is -1.24. The van der Waals surface area contributed by atoms with Gasteiger partial charge in [0.25, 0.3) is 0 Å². The van der Waals surface area contributed by atoms with Gasteiger partial charge >= 0.3 is 0 Å². The van der Waals surface area contributed by atoms with Gasteiger partial charge in [-0.1, -0.05) is 17.7 Å². The van der Waals surface area contributed by atoms with E-state index in [1.807, 2.05) is 0 Å². The molecule has 0 fully saturated rings. The van der Waals surface area contributed by atoms with Crippen LogP contribution in [0.5, 0.6) is 0 Å². The third kappa shape index (κ3) is 2.70. The van der Waals surface area contributed by atoms with E-state index in [-0.39, 0.29) is 0 Å². The summed E-state index contributed by atoms with van der Waals surface area (Å²) in [5, 5.41) is 3.42. The highest BCUT2D eigenvalue weighted by atomic mass is 35.5. The second kappa shape index (κ2) is 4.49. The Morgan fingerprint density at radius 1 is 0.875 bits per heavy atom. The van der Waals surface area contributed by atoms with Crippen molar-refractivity contribution in [2.24, 2.45) is 0 Å². The Bertz CT molecular complexity index is 494. The van der Waals surface area contributed by atoms with Crippen LogP contribution >= 0.6 is 11.6 Å². The zero-order valence-electron chi connectivity index (χ0n) is 8.18. The summed E-state index contributed by atoms with van der Waals surface area (Å²) in [6, 6.07) is 10.1. The third-order valence-corrected chi connectivity index (χ3v) is 2.21. The van der Waals surface area contributed by atoms with Crippen molar-refractivity contribution in [2.75, 3.05) is 5.32 Å². The van der Waals surface area contributed by atoms with Gasteiger partial charge in [-0.3, -0.25) is 0 Å². The Labute approximate surface area is 96.7 Å². The highest BCUT2D eigenvalue weighted by molar-refractivity contribution is 6.30. The van der Waals surface area contributed by atoms with E-state index in [2.05, 4.69) is 5.32 Å². The molecule has 0 aliphatic carbocycles. The zero-order valence-corrected chi connectivity index (χ0v) is 8.93. The zero-order chi connectivity index (χ0) is 11.5. The van der Waals surface area contributed by atoms with Gasteiger partial charge in [-0.2, -0.15) is 0 Å². The lowest BCUT2D eigenvalue weighted by molar-refractivity contribution is 0.584. The Hall–Kier alpha value is -1.61. The lowest BCUT2D eigenvalue weighted by Gasteiger charge is -2.06. The number of hydrogen-bond donors (Lipinski definition) is 1. The molecule has 0 saturated carbocycles. The normalized spacial score (nSPS) is 10.2. The van der Waals surface area contributed by atoms with E-state index >= 15 is 0 Å². The van der Waals surface area contributed by atoms with Crippen molar-refractivity contribution in [3.8, 4) is 0 Å². The van der Waals surface area contributed by atoms with Crippen molar-refractivity contribution in [3.05, 3.63) is 59.1 Å². The smallest absolute Gasteiger partial charge is 0.128 e. The third-order valence-electron chi connectivity index (χ3n) is 1.98. The van der Waals surface area contributed by atoms with E-state index in [0.29, 0.717) is 16.4 Å². The minimum atomic E-state index is -0.621. The highest BCUT2D eigenvalue weighted by Crippen LogP contribution is 2.21. The SMILES string of the molecule is Fc1cc(F)cc(Nc2cccc(Cl)c2)c1. The van der Waals surface area contributed by atoms with Crippen LogP contribution in [0.25, 0.3) is 0 Å². The van der Waals surface area contributed by atoms with Crippen molar-refractivity contribution >= 4 is 23.0 Å². The number of hydrogen-bond acceptors (Lipinski definition) is 1. The average Bonchev–Trinajstić information content (AvgIpc) is 2.15. The predicted octanol–water partition coefficient (Wildman–Crippen LogP) is 4.36. The lowest BCUT2D eigenvalue weighted by atomic mass is 10.2. The Balaban J connectivity index is 2.27. The standard InChI is InChI=1S/C12H8ClF2N/c13-8-2-1-3-11(4-8)16-12-6-9(14)5-10(15)7-12/h1-7,16H. The fourth-order valence-corrected chi connectivity index (χ4v) is 1.55. The molecule has 4 heteroatoms. The molecule has 0 spiro atoms. The van der Waals surface area contributed by atoms with Crippen LogP contribution in [0, 0.1) is 11.6 Å². The summed E-state index contributed by atoms with van der Waals surface area (Å²) in [4.78, 5) is 0. The predicted molar refractivity (Wildman–Crippen MR) is 61.1 cm³/mol. The van der Waals surface area contributed by atoms with E-state index in [9.17, 15) is 8.78 Å². The molecule has 2 aromatic rings. The van der Waals surface area contributed by atoms with Gasteiger partial charge in [-0.05, 0) is 30.3 Å². The fourth-order valence-electron chi connectivity index (χ4n) is 1.36. The van der Waals surface area contributed by atoms with E-state index < -0.39 is 11.6 Å². The van der Waals surface area contributed by atoms with Crippen LogP contribution in [0.15, 0.2) is 42.5 Å². The first-order valence-corrected chi connectivity index (χ1v) is 5.00. The first-order valence-electron chi connectivity index (χ1n) is 4.62. The van der Waals surface area contributed by atoms with E-state index in [0.717, 1.165) is 6.07 Å². The second-order valence-corrected chi connectivity index (χ2v) is 3.73. The van der Waals surface area contributed by atoms with Crippen LogP contribution in [0.4, 0.5) is 20.2 Å². The fraction of sp³-hybridized carbons (Fsp3) is 0. The molecule has 82 valence electrons. The van der Waals surface area contributed by atoms with E-state index in [1.165, 1.54) is 12.1 Å². The first kappa shape index (κ1) is 10.9. The Morgan fingerprint density at radius 3 is 2.19 bits per heavy atom. The van der Waals surface area contributed by atoms with Crippen molar-refractivity contribution in [1.82, 2.24) is 0 Å². The molecule has 0 saturated heterocycles. The largest absolute Gasteiger partial charge is 0.355 e. The van der Waals surface area contributed by atoms with Gasteiger partial charge in [0.15, 0.2) is 0 Å². The molecule has 2 rings (SSSR count). The number of benzene rings is 2. The van der Waals surface area contributed by atoms with Gasteiger partial charge in [0.05, 0.1) is 0 Å². The molecule has 0 aliphatic heterocycles. The van der Waals surface area contributed by atoms with Crippen molar-refractivity contribution in [3.63, 3.8) is 0 Å². The molecule has 16 heavy (non-hydrogen) atoms. The Kier molecular flexibility index (Phi) is 3.06. The van der Waals surface area contributed by atoms with Gasteiger partial charge in [0.2, 0.25) is 0 Å². The number of nitrogens with one attached hydrogen (secondary N) is 1. The molecule has 0 bridgehead atoms. The minimum absolute atomic E-state index is 0.347. The summed E-state index contributed by atoms with van der Waals surface area (Å²) < 4.78 is 25.8. The van der Waals surface area contributed by atoms with Gasteiger partial charge in [-0.25, -0.2) is 8.78 Å². The molecule has 1 N–H and O–H groups in total. The molecule has 0 aromatic heterocycles. The van der Waals surface area contributed by atoms with Crippen molar-refractivity contribution in [1.29, 1.82) is 0 Å².